The Morgan fingerprint density at radius 2 is 1.78 bits per heavy atom. The topological polar surface area (TPSA) is 64.6 Å². The second-order valence-electron chi connectivity index (χ2n) is 5.58. The van der Waals surface area contributed by atoms with E-state index in [4.69, 9.17) is 4.74 Å². The molecule has 1 aromatic rings. The minimum absolute atomic E-state index is 0.131. The standard InChI is InChI=1S/C15H20FNO4.C2H6/c1-9-6-12(11(16)7-10(9)14(19)20-5)17-8-13(18)21-15(2,3)4;1-2/h6-7,17H,8H2,1-5H3;1-2H3. The number of ether oxygens (including phenoxy) is 2. The number of aryl methyl sites for hydroxylation is 1. The van der Waals surface area contributed by atoms with Crippen molar-refractivity contribution in [2.75, 3.05) is 19.0 Å². The van der Waals surface area contributed by atoms with Crippen LogP contribution in [0, 0.1) is 12.7 Å². The zero-order chi connectivity index (χ0) is 18.2. The number of hydrogen-bond donors (Lipinski definition) is 1. The van der Waals surface area contributed by atoms with Crippen LogP contribution in [0.3, 0.4) is 0 Å². The summed E-state index contributed by atoms with van der Waals surface area (Å²) >= 11 is 0. The summed E-state index contributed by atoms with van der Waals surface area (Å²) in [6, 6.07) is 2.53. The molecule has 0 saturated carbocycles. The fourth-order valence-electron chi connectivity index (χ4n) is 1.69. The molecule has 0 fully saturated rings. The zero-order valence-corrected chi connectivity index (χ0v) is 14.9. The van der Waals surface area contributed by atoms with Gasteiger partial charge in [0.2, 0.25) is 0 Å². The Balaban J connectivity index is 0.00000232. The number of carbonyl (C=O) groups is 2. The average Bonchev–Trinajstić information content (AvgIpc) is 2.47. The molecule has 0 aliphatic carbocycles. The van der Waals surface area contributed by atoms with Crippen molar-refractivity contribution < 1.29 is 23.5 Å². The van der Waals surface area contributed by atoms with Crippen molar-refractivity contribution >= 4 is 17.6 Å². The maximum Gasteiger partial charge on any atom is 0.338 e. The molecule has 0 bridgehead atoms. The van der Waals surface area contributed by atoms with E-state index in [2.05, 4.69) is 10.1 Å². The van der Waals surface area contributed by atoms with Gasteiger partial charge in [-0.3, -0.25) is 4.79 Å². The van der Waals surface area contributed by atoms with E-state index >= 15 is 0 Å². The van der Waals surface area contributed by atoms with Gasteiger partial charge >= 0.3 is 11.9 Å². The molecule has 1 aromatic carbocycles. The number of anilines is 1. The molecular weight excluding hydrogens is 301 g/mol. The SMILES string of the molecule is CC.COC(=O)c1cc(F)c(NCC(=O)OC(C)(C)C)cc1C. The predicted octanol–water partition coefficient (Wildman–Crippen LogP) is 3.70. The molecule has 0 aliphatic heterocycles. The highest BCUT2D eigenvalue weighted by Gasteiger charge is 2.17. The van der Waals surface area contributed by atoms with E-state index in [9.17, 15) is 14.0 Å². The molecule has 23 heavy (non-hydrogen) atoms. The highest BCUT2D eigenvalue weighted by atomic mass is 19.1. The third-order valence-electron chi connectivity index (χ3n) is 2.56. The summed E-state index contributed by atoms with van der Waals surface area (Å²) in [5.74, 6) is -1.73. The Bertz CT molecular complexity index is 550. The summed E-state index contributed by atoms with van der Waals surface area (Å²) in [5, 5.41) is 2.66. The second kappa shape index (κ2) is 9.12. The van der Waals surface area contributed by atoms with Crippen LogP contribution in [0.25, 0.3) is 0 Å². The average molecular weight is 327 g/mol. The van der Waals surface area contributed by atoms with Crippen LogP contribution < -0.4 is 5.32 Å². The first-order valence-corrected chi connectivity index (χ1v) is 7.48. The van der Waals surface area contributed by atoms with Crippen LogP contribution in [-0.2, 0) is 14.3 Å². The molecule has 0 radical (unpaired) electrons. The van der Waals surface area contributed by atoms with Gasteiger partial charge in [0.05, 0.1) is 18.4 Å². The van der Waals surface area contributed by atoms with Gasteiger partial charge in [-0.05, 0) is 45.4 Å². The maximum absolute atomic E-state index is 13.9. The number of halogens is 1. The fourth-order valence-corrected chi connectivity index (χ4v) is 1.69. The van der Waals surface area contributed by atoms with E-state index in [-0.39, 0.29) is 17.8 Å². The van der Waals surface area contributed by atoms with Gasteiger partial charge in [-0.25, -0.2) is 9.18 Å². The first-order valence-electron chi connectivity index (χ1n) is 7.48. The van der Waals surface area contributed by atoms with Crippen LogP contribution >= 0.6 is 0 Å². The first-order chi connectivity index (χ1) is 10.6. The van der Waals surface area contributed by atoms with E-state index in [0.717, 1.165) is 6.07 Å². The van der Waals surface area contributed by atoms with Gasteiger partial charge in [0.25, 0.3) is 0 Å². The minimum Gasteiger partial charge on any atom is -0.465 e. The second-order valence-corrected chi connectivity index (χ2v) is 5.58. The van der Waals surface area contributed by atoms with Crippen molar-refractivity contribution in [2.45, 2.75) is 47.1 Å². The summed E-state index contributed by atoms with van der Waals surface area (Å²) in [6.45, 7) is 10.7. The molecule has 1 rings (SSSR count). The van der Waals surface area contributed by atoms with Gasteiger partial charge in [-0.1, -0.05) is 13.8 Å². The largest absolute Gasteiger partial charge is 0.465 e. The number of methoxy groups -OCH3 is 1. The monoisotopic (exact) mass is 327 g/mol. The summed E-state index contributed by atoms with van der Waals surface area (Å²) < 4.78 is 23.6. The van der Waals surface area contributed by atoms with E-state index in [1.807, 2.05) is 13.8 Å². The Kier molecular flexibility index (Phi) is 8.29. The Hall–Kier alpha value is -2.11. The van der Waals surface area contributed by atoms with Gasteiger partial charge in [-0.15, -0.1) is 0 Å². The molecule has 1 N–H and O–H groups in total. The number of benzene rings is 1. The zero-order valence-electron chi connectivity index (χ0n) is 14.9. The smallest absolute Gasteiger partial charge is 0.338 e. The molecule has 0 aromatic heterocycles. The lowest BCUT2D eigenvalue weighted by molar-refractivity contribution is -0.152. The van der Waals surface area contributed by atoms with Crippen molar-refractivity contribution in [1.29, 1.82) is 0 Å². The molecule has 0 amide bonds. The van der Waals surface area contributed by atoms with Crippen LogP contribution in [0.4, 0.5) is 10.1 Å². The van der Waals surface area contributed by atoms with E-state index in [1.54, 1.807) is 27.7 Å². The van der Waals surface area contributed by atoms with Crippen molar-refractivity contribution in [3.05, 3.63) is 29.1 Å². The number of nitrogens with one attached hydrogen (secondary N) is 1. The van der Waals surface area contributed by atoms with Crippen molar-refractivity contribution in [1.82, 2.24) is 0 Å². The van der Waals surface area contributed by atoms with Crippen LogP contribution in [0.2, 0.25) is 0 Å². The number of carbonyl (C=O) groups excluding carboxylic acids is 2. The molecule has 0 heterocycles. The van der Waals surface area contributed by atoms with E-state index < -0.39 is 23.4 Å². The quantitative estimate of drug-likeness (QED) is 0.854. The van der Waals surface area contributed by atoms with E-state index in [0.29, 0.717) is 5.56 Å². The molecule has 0 aliphatic rings. The van der Waals surface area contributed by atoms with Crippen molar-refractivity contribution in [3.8, 4) is 0 Å². The Morgan fingerprint density at radius 3 is 2.26 bits per heavy atom. The summed E-state index contributed by atoms with van der Waals surface area (Å²) in [7, 11) is 1.23. The minimum atomic E-state index is -0.635. The number of esters is 2. The van der Waals surface area contributed by atoms with Crippen molar-refractivity contribution in [2.24, 2.45) is 0 Å². The van der Waals surface area contributed by atoms with Gasteiger partial charge in [0.1, 0.15) is 18.0 Å². The summed E-state index contributed by atoms with van der Waals surface area (Å²) in [5.41, 5.74) is 0.237. The van der Waals surface area contributed by atoms with Gasteiger partial charge in [0.15, 0.2) is 0 Å². The normalized spacial score (nSPS) is 10.3. The number of rotatable bonds is 4. The third kappa shape index (κ3) is 7.13. The molecule has 130 valence electrons. The molecule has 0 atom stereocenters. The maximum atomic E-state index is 13.9. The van der Waals surface area contributed by atoms with Gasteiger partial charge in [-0.2, -0.15) is 0 Å². The first kappa shape index (κ1) is 20.9. The molecular formula is C17H26FNO4. The van der Waals surface area contributed by atoms with Crippen LogP contribution in [0.1, 0.15) is 50.5 Å². The van der Waals surface area contributed by atoms with Crippen molar-refractivity contribution in [3.63, 3.8) is 0 Å². The number of hydrogen-bond acceptors (Lipinski definition) is 5. The third-order valence-corrected chi connectivity index (χ3v) is 2.56. The molecule has 6 heteroatoms. The lowest BCUT2D eigenvalue weighted by atomic mass is 10.1. The van der Waals surface area contributed by atoms with Crippen LogP contribution in [-0.4, -0.2) is 31.2 Å². The Labute approximate surface area is 137 Å². The Morgan fingerprint density at radius 1 is 1.22 bits per heavy atom. The summed E-state index contributed by atoms with van der Waals surface area (Å²) in [4.78, 5) is 23.0. The molecule has 5 nitrogen and oxygen atoms in total. The van der Waals surface area contributed by atoms with Gasteiger partial charge < -0.3 is 14.8 Å². The summed E-state index contributed by atoms with van der Waals surface area (Å²) in [6.07, 6.45) is 0. The lowest BCUT2D eigenvalue weighted by Gasteiger charge is -2.20. The molecule has 0 unspecified atom stereocenters. The highest BCUT2D eigenvalue weighted by molar-refractivity contribution is 5.91. The highest BCUT2D eigenvalue weighted by Crippen LogP contribution is 2.20. The molecule has 0 spiro atoms. The van der Waals surface area contributed by atoms with E-state index in [1.165, 1.54) is 13.2 Å². The fraction of sp³-hybridized carbons (Fsp3) is 0.529. The van der Waals surface area contributed by atoms with Crippen LogP contribution in [0.5, 0.6) is 0 Å². The molecule has 0 saturated heterocycles. The predicted molar refractivity (Wildman–Crippen MR) is 88.2 cm³/mol. The van der Waals surface area contributed by atoms with Gasteiger partial charge in [0, 0.05) is 0 Å². The van der Waals surface area contributed by atoms with Crippen LogP contribution in [0.15, 0.2) is 12.1 Å². The lowest BCUT2D eigenvalue weighted by Crippen LogP contribution is -2.28.